The van der Waals surface area contributed by atoms with Gasteiger partial charge >= 0.3 is 0 Å². The molecule has 1 saturated carbocycles. The first-order valence-corrected chi connectivity index (χ1v) is 5.85. The lowest BCUT2D eigenvalue weighted by atomic mass is 10.1. The predicted octanol–water partition coefficient (Wildman–Crippen LogP) is -0.689. The maximum atomic E-state index is 11.3. The van der Waals surface area contributed by atoms with E-state index >= 15 is 0 Å². The minimum absolute atomic E-state index is 0.0613. The summed E-state index contributed by atoms with van der Waals surface area (Å²) in [5.74, 6) is 0.0929. The van der Waals surface area contributed by atoms with Gasteiger partial charge in [0.25, 0.3) is 0 Å². The first-order valence-electron chi connectivity index (χ1n) is 4.03. The topological polar surface area (TPSA) is 63.2 Å². The van der Waals surface area contributed by atoms with Crippen LogP contribution in [-0.4, -0.2) is 32.4 Å². The van der Waals surface area contributed by atoms with Crippen LogP contribution in [0, 0.1) is 5.41 Å². The highest BCUT2D eigenvalue weighted by molar-refractivity contribution is 7.91. The maximum Gasteiger partial charge on any atom is 0.227 e. The first kappa shape index (κ1) is 8.04. The molecule has 1 aliphatic carbocycles. The van der Waals surface area contributed by atoms with Crippen molar-refractivity contribution in [3.8, 4) is 0 Å². The van der Waals surface area contributed by atoms with Crippen molar-refractivity contribution < 1.29 is 13.2 Å². The van der Waals surface area contributed by atoms with Crippen molar-refractivity contribution in [2.24, 2.45) is 5.41 Å². The van der Waals surface area contributed by atoms with E-state index in [0.29, 0.717) is 0 Å². The van der Waals surface area contributed by atoms with Crippen LogP contribution in [0.5, 0.6) is 0 Å². The molecular formula is C7H11NO3S. The van der Waals surface area contributed by atoms with E-state index < -0.39 is 15.3 Å². The van der Waals surface area contributed by atoms with E-state index in [9.17, 15) is 13.2 Å². The van der Waals surface area contributed by atoms with E-state index in [1.54, 1.807) is 0 Å². The number of amides is 1. The summed E-state index contributed by atoms with van der Waals surface area (Å²) >= 11 is 0. The second-order valence-electron chi connectivity index (χ2n) is 3.63. The molecule has 1 N–H and O–H groups in total. The van der Waals surface area contributed by atoms with Crippen LogP contribution in [0.3, 0.4) is 0 Å². The van der Waals surface area contributed by atoms with Gasteiger partial charge in [-0.3, -0.25) is 4.79 Å². The molecule has 1 amide bonds. The van der Waals surface area contributed by atoms with Crippen molar-refractivity contribution >= 4 is 15.7 Å². The average molecular weight is 189 g/mol. The minimum Gasteiger partial charge on any atom is -0.355 e. The fraction of sp³-hybridized carbons (Fsp3) is 0.857. The van der Waals surface area contributed by atoms with Gasteiger partial charge in [-0.2, -0.15) is 0 Å². The third kappa shape index (κ3) is 1.22. The van der Waals surface area contributed by atoms with Crippen LogP contribution in [0.25, 0.3) is 0 Å². The highest BCUT2D eigenvalue weighted by atomic mass is 32.2. The molecular weight excluding hydrogens is 178 g/mol. The molecule has 0 radical (unpaired) electrons. The smallest absolute Gasteiger partial charge is 0.227 e. The summed E-state index contributed by atoms with van der Waals surface area (Å²) in [4.78, 5) is 11.3. The summed E-state index contributed by atoms with van der Waals surface area (Å²) in [5, 5.41) is 2.63. The second kappa shape index (κ2) is 2.22. The monoisotopic (exact) mass is 189 g/mol. The summed E-state index contributed by atoms with van der Waals surface area (Å²) in [5.41, 5.74) is -0.532. The van der Waals surface area contributed by atoms with Gasteiger partial charge in [0.1, 0.15) is 0 Å². The predicted molar refractivity (Wildman–Crippen MR) is 43.3 cm³/mol. The highest BCUT2D eigenvalue weighted by Crippen LogP contribution is 2.47. The summed E-state index contributed by atoms with van der Waals surface area (Å²) in [6.07, 6.45) is 1.47. The molecule has 0 aromatic carbocycles. The number of carbonyl (C=O) groups excluding carboxylic acids is 1. The summed E-state index contributed by atoms with van der Waals surface area (Å²) in [7, 11) is -2.98. The molecule has 1 spiro atoms. The van der Waals surface area contributed by atoms with Gasteiger partial charge < -0.3 is 5.32 Å². The van der Waals surface area contributed by atoms with Crippen LogP contribution in [0.2, 0.25) is 0 Å². The summed E-state index contributed by atoms with van der Waals surface area (Å²) in [6.45, 7) is 0.281. The van der Waals surface area contributed by atoms with Gasteiger partial charge in [-0.1, -0.05) is 0 Å². The van der Waals surface area contributed by atoms with Crippen molar-refractivity contribution in [2.75, 3.05) is 18.1 Å². The molecule has 2 fully saturated rings. The number of nitrogens with one attached hydrogen (secondary N) is 1. The fourth-order valence-corrected chi connectivity index (χ4v) is 3.41. The number of rotatable bonds is 0. The normalized spacial score (nSPS) is 30.8. The Morgan fingerprint density at radius 2 is 2.00 bits per heavy atom. The average Bonchev–Trinajstić information content (AvgIpc) is 2.67. The molecule has 1 saturated heterocycles. The van der Waals surface area contributed by atoms with Gasteiger partial charge in [0.15, 0.2) is 9.84 Å². The maximum absolute atomic E-state index is 11.3. The number of hydrogen-bond acceptors (Lipinski definition) is 3. The lowest BCUT2D eigenvalue weighted by molar-refractivity contribution is -0.125. The van der Waals surface area contributed by atoms with E-state index in [2.05, 4.69) is 5.32 Å². The van der Waals surface area contributed by atoms with Crippen LogP contribution in [0.15, 0.2) is 0 Å². The van der Waals surface area contributed by atoms with Gasteiger partial charge in [0.05, 0.1) is 16.9 Å². The van der Waals surface area contributed by atoms with Crippen molar-refractivity contribution in [3.63, 3.8) is 0 Å². The lowest BCUT2D eigenvalue weighted by Gasteiger charge is -2.07. The largest absolute Gasteiger partial charge is 0.355 e. The Kier molecular flexibility index (Phi) is 1.49. The van der Waals surface area contributed by atoms with E-state index in [1.807, 2.05) is 0 Å². The molecule has 0 aromatic rings. The van der Waals surface area contributed by atoms with Crippen molar-refractivity contribution in [1.29, 1.82) is 0 Å². The molecule has 68 valence electrons. The molecule has 0 aromatic heterocycles. The minimum atomic E-state index is -2.98. The van der Waals surface area contributed by atoms with E-state index in [1.165, 1.54) is 0 Å². The molecule has 12 heavy (non-hydrogen) atoms. The molecule has 1 heterocycles. The van der Waals surface area contributed by atoms with Crippen LogP contribution < -0.4 is 5.32 Å². The fourth-order valence-electron chi connectivity index (χ4n) is 1.59. The van der Waals surface area contributed by atoms with Crippen LogP contribution in [0.4, 0.5) is 0 Å². The quantitative estimate of drug-likeness (QED) is 0.548. The highest BCUT2D eigenvalue weighted by Gasteiger charge is 2.53. The second-order valence-corrected chi connectivity index (χ2v) is 5.81. The third-order valence-corrected chi connectivity index (χ3v) is 4.35. The number of sulfone groups is 1. The van der Waals surface area contributed by atoms with Gasteiger partial charge in [0, 0.05) is 6.54 Å². The zero-order chi connectivity index (χ0) is 8.82. The van der Waals surface area contributed by atoms with Crippen molar-refractivity contribution in [3.05, 3.63) is 0 Å². The van der Waals surface area contributed by atoms with Gasteiger partial charge in [-0.05, 0) is 12.8 Å². The Hall–Kier alpha value is -0.580. The Bertz CT molecular complexity index is 316. The van der Waals surface area contributed by atoms with Gasteiger partial charge in [0.2, 0.25) is 5.91 Å². The molecule has 2 rings (SSSR count). The Balaban J connectivity index is 2.29. The molecule has 5 heteroatoms. The van der Waals surface area contributed by atoms with Gasteiger partial charge in [-0.25, -0.2) is 8.42 Å². The lowest BCUT2D eigenvalue weighted by Crippen LogP contribution is -2.32. The molecule has 2 aliphatic rings. The zero-order valence-corrected chi connectivity index (χ0v) is 7.49. The molecule has 0 unspecified atom stereocenters. The standard InChI is InChI=1S/C7H11NO3S/c9-6-7(1-2-7)5-12(10,11)4-3-8-6/h1-5H2,(H,8,9). The molecule has 0 bridgehead atoms. The van der Waals surface area contributed by atoms with Crippen LogP contribution in [-0.2, 0) is 14.6 Å². The molecule has 0 atom stereocenters. The SMILES string of the molecule is O=C1NCCS(=O)(=O)CC12CC2. The van der Waals surface area contributed by atoms with E-state index in [-0.39, 0.29) is 24.0 Å². The number of hydrogen-bond donors (Lipinski definition) is 1. The Labute approximate surface area is 71.3 Å². The van der Waals surface area contributed by atoms with Crippen LogP contribution in [0.1, 0.15) is 12.8 Å². The summed E-state index contributed by atoms with van der Waals surface area (Å²) in [6, 6.07) is 0. The molecule has 1 aliphatic heterocycles. The van der Waals surface area contributed by atoms with Crippen molar-refractivity contribution in [2.45, 2.75) is 12.8 Å². The Morgan fingerprint density at radius 1 is 1.33 bits per heavy atom. The first-order chi connectivity index (χ1) is 5.54. The van der Waals surface area contributed by atoms with E-state index in [0.717, 1.165) is 12.8 Å². The third-order valence-electron chi connectivity index (χ3n) is 2.53. The van der Waals surface area contributed by atoms with Crippen molar-refractivity contribution in [1.82, 2.24) is 5.32 Å². The summed E-state index contributed by atoms with van der Waals surface area (Å²) < 4.78 is 22.6. The van der Waals surface area contributed by atoms with Crippen LogP contribution >= 0.6 is 0 Å². The zero-order valence-electron chi connectivity index (χ0n) is 6.67. The molecule has 4 nitrogen and oxygen atoms in total. The number of carbonyl (C=O) groups is 1. The van der Waals surface area contributed by atoms with E-state index in [4.69, 9.17) is 0 Å². The Morgan fingerprint density at radius 3 is 2.58 bits per heavy atom. The van der Waals surface area contributed by atoms with Gasteiger partial charge in [-0.15, -0.1) is 0 Å².